The summed E-state index contributed by atoms with van der Waals surface area (Å²) in [4.78, 5) is 1.17. The zero-order valence-corrected chi connectivity index (χ0v) is 29.8. The van der Waals surface area contributed by atoms with Gasteiger partial charge in [0.25, 0.3) is 0 Å². The summed E-state index contributed by atoms with van der Waals surface area (Å²) in [6.45, 7) is 0. The molecule has 0 saturated heterocycles. The van der Waals surface area contributed by atoms with Gasteiger partial charge in [0.2, 0.25) is 0 Å². The van der Waals surface area contributed by atoms with E-state index >= 15 is 0 Å². The topological polar surface area (TPSA) is 8.17 Å². The lowest BCUT2D eigenvalue weighted by molar-refractivity contribution is 1.18. The van der Waals surface area contributed by atoms with Gasteiger partial charge in [-0.25, -0.2) is 0 Å². The molecule has 0 amide bonds. The summed E-state index contributed by atoms with van der Waals surface area (Å²) in [6.07, 6.45) is 0. The molecule has 0 aliphatic heterocycles. The number of fused-ring (bicyclic) bond motifs is 3. The Balaban J connectivity index is 1.21. The predicted molar refractivity (Wildman–Crippen MR) is 237 cm³/mol. The largest absolute Gasteiger partial charge is 0.310 e. The Morgan fingerprint density at radius 1 is 0.357 bits per heavy atom. The van der Waals surface area contributed by atoms with Gasteiger partial charge in [-0.15, -0.1) is 0 Å². The van der Waals surface area contributed by atoms with E-state index in [0.29, 0.717) is 5.56 Å². The number of nitrogens with zero attached hydrogens (tertiary/aromatic N) is 2. The summed E-state index contributed by atoms with van der Waals surface area (Å²) in [5.41, 5.74) is 5.08. The minimum atomic E-state index is -0.750. The van der Waals surface area contributed by atoms with E-state index in [2.05, 4.69) is 28.8 Å². The molecule has 0 bridgehead atoms. The first-order chi connectivity index (χ1) is 33.2. The Morgan fingerprint density at radius 2 is 0.946 bits per heavy atom. The summed E-state index contributed by atoms with van der Waals surface area (Å²) >= 11 is 0. The van der Waals surface area contributed by atoms with Gasteiger partial charge in [-0.05, 0) is 99.5 Å². The van der Waals surface area contributed by atoms with Gasteiger partial charge in [0.1, 0.15) is 0 Å². The van der Waals surface area contributed by atoms with Gasteiger partial charge < -0.3 is 9.47 Å². The molecule has 0 unspecified atom stereocenters. The van der Waals surface area contributed by atoms with Crippen LogP contribution >= 0.6 is 0 Å². The highest BCUT2D eigenvalue weighted by atomic mass is 15.1. The average Bonchev–Trinajstić information content (AvgIpc) is 3.71. The molecule has 0 N–H and O–H groups in total. The SMILES string of the molecule is [2H]c1c([2H])c([2H])c(-c2c([2H])c([2H])c([2H])c([2H])c2N(c2ccc(-c3ccccc3)cc2)c2c([2H])c([2H])c(-c3ccc4c(c3)c3ccccc3n4-c3cccc(-c4ccccc4)c3)c([2H])c2[2H])c([2H])c1[2H]. The second-order valence-corrected chi connectivity index (χ2v) is 13.2. The third-order valence-corrected chi connectivity index (χ3v) is 9.88. The van der Waals surface area contributed by atoms with Crippen molar-refractivity contribution in [3.05, 3.63) is 230 Å². The molecule has 1 heterocycles. The summed E-state index contributed by atoms with van der Waals surface area (Å²) in [6, 6.07) is 39.2. The molecule has 264 valence electrons. The maximum Gasteiger partial charge on any atom is 0.0645 e. The van der Waals surface area contributed by atoms with E-state index in [1.54, 1.807) is 30.3 Å². The molecule has 2 heteroatoms. The first-order valence-corrected chi connectivity index (χ1v) is 18.1. The number of anilines is 3. The van der Waals surface area contributed by atoms with Crippen molar-refractivity contribution in [1.82, 2.24) is 4.57 Å². The predicted octanol–water partition coefficient (Wildman–Crippen LogP) is 14.9. The van der Waals surface area contributed by atoms with Crippen LogP contribution in [0.25, 0.3) is 72.0 Å². The smallest absolute Gasteiger partial charge is 0.0645 e. The molecule has 10 rings (SSSR count). The molecular formula is C54H38N2. The third-order valence-electron chi connectivity index (χ3n) is 9.88. The fourth-order valence-corrected chi connectivity index (χ4v) is 7.26. The summed E-state index contributed by atoms with van der Waals surface area (Å²) < 4.78 is 120. The summed E-state index contributed by atoms with van der Waals surface area (Å²) in [5, 5.41) is 1.70. The monoisotopic (exact) mass is 727 g/mol. The molecule has 1 aromatic heterocycles. The van der Waals surface area contributed by atoms with E-state index in [9.17, 15) is 8.22 Å². The lowest BCUT2D eigenvalue weighted by atomic mass is 10.00. The maximum atomic E-state index is 9.72. The average molecular weight is 728 g/mol. The zero-order valence-electron chi connectivity index (χ0n) is 42.8. The van der Waals surface area contributed by atoms with Crippen LogP contribution in [0.4, 0.5) is 17.1 Å². The first-order valence-electron chi connectivity index (χ1n) is 24.6. The minimum Gasteiger partial charge on any atom is -0.310 e. The van der Waals surface area contributed by atoms with Crippen molar-refractivity contribution in [3.63, 3.8) is 0 Å². The Morgan fingerprint density at radius 3 is 1.71 bits per heavy atom. The van der Waals surface area contributed by atoms with Crippen LogP contribution in [0.1, 0.15) is 17.8 Å². The van der Waals surface area contributed by atoms with Crippen LogP contribution in [0.2, 0.25) is 0 Å². The van der Waals surface area contributed by atoms with Gasteiger partial charge in [-0.2, -0.15) is 0 Å². The highest BCUT2D eigenvalue weighted by Crippen LogP contribution is 2.42. The Hall–Kier alpha value is -7.42. The number of hydrogen-bond donors (Lipinski definition) is 0. The van der Waals surface area contributed by atoms with Crippen LogP contribution in [0.15, 0.2) is 230 Å². The molecule has 2 nitrogen and oxygen atoms in total. The number of hydrogen-bond acceptors (Lipinski definition) is 1. The fraction of sp³-hybridized carbons (Fsp3) is 0. The second-order valence-electron chi connectivity index (χ2n) is 13.2. The van der Waals surface area contributed by atoms with E-state index in [4.69, 9.17) is 9.60 Å². The summed E-state index contributed by atoms with van der Waals surface area (Å²) in [7, 11) is 0. The number of benzene rings is 9. The van der Waals surface area contributed by atoms with Crippen molar-refractivity contribution < 1.29 is 17.8 Å². The number of aromatic nitrogens is 1. The molecular weight excluding hydrogens is 677 g/mol. The van der Waals surface area contributed by atoms with Crippen molar-refractivity contribution in [1.29, 1.82) is 0 Å². The molecule has 0 radical (unpaired) electrons. The van der Waals surface area contributed by atoms with Crippen molar-refractivity contribution >= 4 is 38.9 Å². The molecule has 10 aromatic rings. The van der Waals surface area contributed by atoms with Gasteiger partial charge in [0.05, 0.1) is 34.5 Å². The van der Waals surface area contributed by atoms with E-state index in [1.807, 2.05) is 97.1 Å². The van der Waals surface area contributed by atoms with Crippen molar-refractivity contribution in [3.8, 4) is 50.2 Å². The minimum absolute atomic E-state index is 0.0151. The standard InChI is InChI=1S/C54H38N2/c1-4-15-39(16-5-1)41-27-32-46(33-28-41)55(52-25-12-10-23-49(52)43-19-8-3-9-20-43)47-34-29-42(30-35-47)45-31-36-54-51(38-45)50-24-11-13-26-53(50)56(54)48-22-14-21-44(37-48)40-17-6-2-7-18-40/h1-38H/i3D,8D,9D,10D,12D,19D,20D,23D,25D,29D,30D,34D,35D. The maximum absolute atomic E-state index is 9.72. The van der Waals surface area contributed by atoms with Gasteiger partial charge >= 0.3 is 0 Å². The molecule has 0 saturated carbocycles. The quantitative estimate of drug-likeness (QED) is 0.151. The Kier molecular flexibility index (Phi) is 5.69. The highest BCUT2D eigenvalue weighted by Gasteiger charge is 2.18. The number of rotatable bonds is 8. The van der Waals surface area contributed by atoms with Crippen LogP contribution in [-0.4, -0.2) is 4.57 Å². The van der Waals surface area contributed by atoms with Crippen LogP contribution in [0, 0.1) is 0 Å². The molecule has 56 heavy (non-hydrogen) atoms. The molecule has 0 spiro atoms. The molecule has 9 aromatic carbocycles. The molecule has 0 atom stereocenters. The Labute approximate surface area is 346 Å². The fourth-order valence-electron chi connectivity index (χ4n) is 7.26. The first kappa shape index (κ1) is 22.1. The second kappa shape index (κ2) is 14.4. The van der Waals surface area contributed by atoms with Crippen molar-refractivity contribution in [2.75, 3.05) is 4.90 Å². The van der Waals surface area contributed by atoms with Crippen LogP contribution in [0.3, 0.4) is 0 Å². The third kappa shape index (κ3) is 6.14. The Bertz CT molecular complexity index is 3650. The van der Waals surface area contributed by atoms with Gasteiger partial charge in [-0.1, -0.05) is 170 Å². The zero-order chi connectivity index (χ0) is 48.6. The highest BCUT2D eigenvalue weighted by molar-refractivity contribution is 6.10. The van der Waals surface area contributed by atoms with E-state index in [-0.39, 0.29) is 11.3 Å². The van der Waals surface area contributed by atoms with Gasteiger partial charge in [-0.3, -0.25) is 0 Å². The van der Waals surface area contributed by atoms with Crippen molar-refractivity contribution in [2.45, 2.75) is 0 Å². The normalized spacial score (nSPS) is 14.5. The summed E-state index contributed by atoms with van der Waals surface area (Å²) in [5.74, 6) is 0. The van der Waals surface area contributed by atoms with Crippen LogP contribution in [0.5, 0.6) is 0 Å². The molecule has 0 aliphatic rings. The molecule has 0 aliphatic carbocycles. The van der Waals surface area contributed by atoms with Crippen LogP contribution in [-0.2, 0) is 0 Å². The van der Waals surface area contributed by atoms with E-state index in [0.717, 1.165) is 49.7 Å². The van der Waals surface area contributed by atoms with Gasteiger partial charge in [0.15, 0.2) is 0 Å². The van der Waals surface area contributed by atoms with Crippen LogP contribution < -0.4 is 4.90 Å². The molecule has 0 fully saturated rings. The lowest BCUT2D eigenvalue weighted by Gasteiger charge is -2.28. The van der Waals surface area contributed by atoms with E-state index in [1.165, 1.54) is 4.90 Å². The van der Waals surface area contributed by atoms with E-state index < -0.39 is 101 Å². The number of para-hydroxylation sites is 2. The van der Waals surface area contributed by atoms with Gasteiger partial charge in [0, 0.05) is 33.4 Å². The van der Waals surface area contributed by atoms with Crippen molar-refractivity contribution in [2.24, 2.45) is 0 Å². The lowest BCUT2D eigenvalue weighted by Crippen LogP contribution is -2.11.